The van der Waals surface area contributed by atoms with Crippen LogP contribution in [0.2, 0.25) is 5.02 Å². The highest BCUT2D eigenvalue weighted by Crippen LogP contribution is 2.13. The molecule has 112 valence electrons. The second-order valence-electron chi connectivity index (χ2n) is 4.68. The lowest BCUT2D eigenvalue weighted by Gasteiger charge is -2.06. The van der Waals surface area contributed by atoms with Crippen LogP contribution in [0.1, 0.15) is 22.7 Å². The fourth-order valence-corrected chi connectivity index (χ4v) is 2.72. The number of aryl methyl sites for hydroxylation is 1. The van der Waals surface area contributed by atoms with Gasteiger partial charge in [0, 0.05) is 34.7 Å². The molecule has 1 amide bonds. The fraction of sp³-hybridized carbons (Fsp3) is 0.333. The number of anilines is 1. The maximum atomic E-state index is 11.8. The molecule has 2 N–H and O–H groups in total. The van der Waals surface area contributed by atoms with Crippen LogP contribution >= 0.6 is 22.9 Å². The minimum absolute atomic E-state index is 0.0211. The van der Waals surface area contributed by atoms with Gasteiger partial charge in [0.25, 0.3) is 0 Å². The Balaban J connectivity index is 1.60. The van der Waals surface area contributed by atoms with Crippen LogP contribution in [0.3, 0.4) is 0 Å². The molecule has 0 aliphatic carbocycles. The quantitative estimate of drug-likeness (QED) is 0.765. The molecule has 0 saturated heterocycles. The normalized spacial score (nSPS) is 10.6. The predicted molar refractivity (Wildman–Crippen MR) is 87.9 cm³/mol. The largest absolute Gasteiger partial charge is 0.326 e. The van der Waals surface area contributed by atoms with Crippen LogP contribution in [0.15, 0.2) is 30.5 Å². The minimum Gasteiger partial charge on any atom is -0.326 e. The average molecular weight is 324 g/mol. The highest BCUT2D eigenvalue weighted by Gasteiger charge is 2.02. The first-order valence-corrected chi connectivity index (χ1v) is 8.00. The Morgan fingerprint density at radius 1 is 1.33 bits per heavy atom. The zero-order chi connectivity index (χ0) is 15.1. The second-order valence-corrected chi connectivity index (χ2v) is 6.44. The number of hydrogen-bond acceptors (Lipinski definition) is 4. The number of benzene rings is 1. The highest BCUT2D eigenvalue weighted by atomic mass is 35.5. The summed E-state index contributed by atoms with van der Waals surface area (Å²) in [6.45, 7) is 3.62. The molecular formula is C15H18ClN3OS. The number of nitrogens with zero attached hydrogens (tertiary/aromatic N) is 1. The molecule has 0 spiro atoms. The predicted octanol–water partition coefficient (Wildman–Crippen LogP) is 3.61. The molecule has 0 fully saturated rings. The molecule has 4 nitrogen and oxygen atoms in total. The smallest absolute Gasteiger partial charge is 0.224 e. The topological polar surface area (TPSA) is 54.0 Å². The zero-order valence-electron chi connectivity index (χ0n) is 11.9. The Morgan fingerprint density at radius 3 is 2.76 bits per heavy atom. The van der Waals surface area contributed by atoms with E-state index in [0.29, 0.717) is 11.4 Å². The van der Waals surface area contributed by atoms with Gasteiger partial charge in [0.15, 0.2) is 0 Å². The average Bonchev–Trinajstić information content (AvgIpc) is 2.87. The van der Waals surface area contributed by atoms with E-state index in [9.17, 15) is 4.79 Å². The molecule has 0 aliphatic heterocycles. The summed E-state index contributed by atoms with van der Waals surface area (Å²) >= 11 is 7.49. The number of carbonyl (C=O) groups excluding carboxylic acids is 1. The number of amides is 1. The summed E-state index contributed by atoms with van der Waals surface area (Å²) < 4.78 is 0. The van der Waals surface area contributed by atoms with Crippen LogP contribution in [0.5, 0.6) is 0 Å². The number of nitrogens with one attached hydrogen (secondary N) is 2. The standard InChI is InChI=1S/C15H18ClN3OS/c1-11-18-10-14(21-11)9-17-8-2-3-15(20)19-13-6-4-12(16)5-7-13/h4-7,10,17H,2-3,8-9H2,1H3,(H,19,20). The Morgan fingerprint density at radius 2 is 2.10 bits per heavy atom. The number of thiazole rings is 1. The van der Waals surface area contributed by atoms with Crippen molar-refractivity contribution < 1.29 is 4.79 Å². The molecule has 2 rings (SSSR count). The van der Waals surface area contributed by atoms with Crippen LogP contribution < -0.4 is 10.6 Å². The molecule has 1 aromatic heterocycles. The maximum absolute atomic E-state index is 11.8. The number of hydrogen-bond donors (Lipinski definition) is 2. The Labute approximate surface area is 133 Å². The molecule has 0 aliphatic rings. The van der Waals surface area contributed by atoms with Crippen molar-refractivity contribution in [2.45, 2.75) is 26.3 Å². The van der Waals surface area contributed by atoms with Gasteiger partial charge in [0.05, 0.1) is 5.01 Å². The van der Waals surface area contributed by atoms with Gasteiger partial charge < -0.3 is 10.6 Å². The molecule has 2 aromatic rings. The Bertz CT molecular complexity index is 583. The summed E-state index contributed by atoms with van der Waals surface area (Å²) in [6.07, 6.45) is 3.19. The molecule has 6 heteroatoms. The molecule has 0 radical (unpaired) electrons. The van der Waals surface area contributed by atoms with E-state index in [1.54, 1.807) is 35.6 Å². The van der Waals surface area contributed by atoms with Crippen LogP contribution in [0.25, 0.3) is 0 Å². The van der Waals surface area contributed by atoms with Crippen molar-refractivity contribution in [1.29, 1.82) is 0 Å². The molecule has 0 unspecified atom stereocenters. The summed E-state index contributed by atoms with van der Waals surface area (Å²) in [7, 11) is 0. The van der Waals surface area contributed by atoms with E-state index in [-0.39, 0.29) is 5.91 Å². The lowest BCUT2D eigenvalue weighted by molar-refractivity contribution is -0.116. The van der Waals surface area contributed by atoms with Gasteiger partial charge in [-0.15, -0.1) is 11.3 Å². The third-order valence-corrected chi connectivity index (χ3v) is 4.02. The van der Waals surface area contributed by atoms with E-state index in [0.717, 1.165) is 30.2 Å². The third-order valence-electron chi connectivity index (χ3n) is 2.85. The van der Waals surface area contributed by atoms with Gasteiger partial charge in [-0.25, -0.2) is 4.98 Å². The highest BCUT2D eigenvalue weighted by molar-refractivity contribution is 7.11. The van der Waals surface area contributed by atoms with Gasteiger partial charge in [-0.1, -0.05) is 11.6 Å². The van der Waals surface area contributed by atoms with Gasteiger partial charge >= 0.3 is 0 Å². The molecule has 0 bridgehead atoms. The number of carbonyl (C=O) groups is 1. The first-order valence-electron chi connectivity index (χ1n) is 6.81. The minimum atomic E-state index is 0.0211. The molecule has 1 aromatic carbocycles. The monoisotopic (exact) mass is 323 g/mol. The summed E-state index contributed by atoms with van der Waals surface area (Å²) in [4.78, 5) is 17.2. The van der Waals surface area contributed by atoms with Crippen molar-refractivity contribution in [3.63, 3.8) is 0 Å². The molecular weight excluding hydrogens is 306 g/mol. The SMILES string of the molecule is Cc1ncc(CNCCCC(=O)Nc2ccc(Cl)cc2)s1. The van der Waals surface area contributed by atoms with Gasteiger partial charge in [-0.05, 0) is 44.2 Å². The van der Waals surface area contributed by atoms with E-state index in [4.69, 9.17) is 11.6 Å². The van der Waals surface area contributed by atoms with E-state index in [2.05, 4.69) is 15.6 Å². The lowest BCUT2D eigenvalue weighted by Crippen LogP contribution is -2.17. The van der Waals surface area contributed by atoms with Gasteiger partial charge in [0.2, 0.25) is 5.91 Å². The van der Waals surface area contributed by atoms with Crippen molar-refractivity contribution >= 4 is 34.5 Å². The fourth-order valence-electron chi connectivity index (χ4n) is 1.83. The van der Waals surface area contributed by atoms with E-state index >= 15 is 0 Å². The van der Waals surface area contributed by atoms with Crippen molar-refractivity contribution in [2.24, 2.45) is 0 Å². The molecule has 21 heavy (non-hydrogen) atoms. The van der Waals surface area contributed by atoms with Crippen LogP contribution in [-0.4, -0.2) is 17.4 Å². The van der Waals surface area contributed by atoms with Gasteiger partial charge in [-0.2, -0.15) is 0 Å². The van der Waals surface area contributed by atoms with Gasteiger partial charge in [-0.3, -0.25) is 4.79 Å². The van der Waals surface area contributed by atoms with E-state index < -0.39 is 0 Å². The molecule has 0 atom stereocenters. The summed E-state index contributed by atoms with van der Waals surface area (Å²) in [5, 5.41) is 7.90. The maximum Gasteiger partial charge on any atom is 0.224 e. The van der Waals surface area contributed by atoms with Crippen molar-refractivity contribution in [3.05, 3.63) is 45.4 Å². The first-order chi connectivity index (χ1) is 10.1. The van der Waals surface area contributed by atoms with Gasteiger partial charge in [0.1, 0.15) is 0 Å². The van der Waals surface area contributed by atoms with Crippen molar-refractivity contribution in [2.75, 3.05) is 11.9 Å². The number of rotatable bonds is 7. The van der Waals surface area contributed by atoms with Crippen molar-refractivity contribution in [1.82, 2.24) is 10.3 Å². The first kappa shape index (κ1) is 15.9. The van der Waals surface area contributed by atoms with E-state index in [1.807, 2.05) is 13.1 Å². The van der Waals surface area contributed by atoms with Crippen LogP contribution in [0, 0.1) is 6.92 Å². The summed E-state index contributed by atoms with van der Waals surface area (Å²) in [6, 6.07) is 7.11. The van der Waals surface area contributed by atoms with Crippen LogP contribution in [0.4, 0.5) is 5.69 Å². The second kappa shape index (κ2) is 8.12. The molecule has 0 saturated carbocycles. The zero-order valence-corrected chi connectivity index (χ0v) is 13.4. The van der Waals surface area contributed by atoms with Crippen molar-refractivity contribution in [3.8, 4) is 0 Å². The lowest BCUT2D eigenvalue weighted by atomic mass is 10.2. The van der Waals surface area contributed by atoms with Crippen LogP contribution in [-0.2, 0) is 11.3 Å². The molecule has 1 heterocycles. The third kappa shape index (κ3) is 5.83. The summed E-state index contributed by atoms with van der Waals surface area (Å²) in [5.74, 6) is 0.0211. The Hall–Kier alpha value is -1.43. The Kier molecular flexibility index (Phi) is 6.17. The summed E-state index contributed by atoms with van der Waals surface area (Å²) in [5.41, 5.74) is 0.775. The number of halogens is 1. The van der Waals surface area contributed by atoms with E-state index in [1.165, 1.54) is 4.88 Å². The number of aromatic nitrogens is 1.